The van der Waals surface area contributed by atoms with E-state index in [2.05, 4.69) is 10.2 Å². The van der Waals surface area contributed by atoms with E-state index in [1.165, 1.54) is 6.92 Å². The highest BCUT2D eigenvalue weighted by atomic mass is 16.6. The lowest BCUT2D eigenvalue weighted by molar-refractivity contribution is -0.389. The number of hydrogen-bond acceptors (Lipinski definition) is 4. The van der Waals surface area contributed by atoms with Crippen molar-refractivity contribution >= 4 is 5.82 Å². The second kappa shape index (κ2) is 2.38. The summed E-state index contributed by atoms with van der Waals surface area (Å²) in [4.78, 5) is 9.51. The quantitative estimate of drug-likeness (QED) is 0.468. The van der Waals surface area contributed by atoms with E-state index >= 15 is 0 Å². The van der Waals surface area contributed by atoms with Crippen LogP contribution < -0.4 is 0 Å². The first-order valence-electron chi connectivity index (χ1n) is 2.76. The second-order valence-electron chi connectivity index (χ2n) is 1.90. The molecule has 1 aromatic heterocycles. The fourth-order valence-corrected chi connectivity index (χ4v) is 0.686. The molecular weight excluding hydrogens is 148 g/mol. The van der Waals surface area contributed by atoms with Gasteiger partial charge in [0.2, 0.25) is 0 Å². The Kier molecular flexibility index (Phi) is 1.56. The van der Waals surface area contributed by atoms with Crippen LogP contribution in [0.1, 0.15) is 11.3 Å². The minimum Gasteiger partial charge on any atom is -0.358 e. The third kappa shape index (κ3) is 1.03. The average Bonchev–Trinajstić information content (AvgIpc) is 2.30. The van der Waals surface area contributed by atoms with Crippen molar-refractivity contribution in [1.82, 2.24) is 10.2 Å². The molecule has 0 fully saturated rings. The molecule has 11 heavy (non-hydrogen) atoms. The maximum absolute atomic E-state index is 10.2. The van der Waals surface area contributed by atoms with Crippen molar-refractivity contribution in [3.63, 3.8) is 0 Å². The van der Waals surface area contributed by atoms with Gasteiger partial charge in [-0.1, -0.05) is 5.10 Å². The predicted octanol–water partition coefficient (Wildman–Crippen LogP) is 0.498. The van der Waals surface area contributed by atoms with E-state index in [1.54, 1.807) is 6.07 Å². The number of nitro groups is 1. The minimum atomic E-state index is -0.668. The van der Waals surface area contributed by atoms with E-state index in [4.69, 9.17) is 5.26 Å². The third-order valence-electron chi connectivity index (χ3n) is 1.22. The molecule has 0 aromatic carbocycles. The molecule has 0 saturated carbocycles. The van der Waals surface area contributed by atoms with Gasteiger partial charge in [-0.25, -0.2) is 0 Å². The van der Waals surface area contributed by atoms with Crippen LogP contribution in [0.25, 0.3) is 0 Å². The molecule has 0 radical (unpaired) electrons. The number of aromatic amines is 1. The Balaban J connectivity index is 3.30. The van der Waals surface area contributed by atoms with Gasteiger partial charge in [0.1, 0.15) is 11.8 Å². The Labute approximate surface area is 61.6 Å². The lowest BCUT2D eigenvalue weighted by Crippen LogP contribution is -1.90. The standard InChI is InChI=1S/C5H4N4O2/c1-3-4(2-6)5(8-7-3)9(10)11/h1H3,(H,7,8). The van der Waals surface area contributed by atoms with Crippen LogP contribution in [0.4, 0.5) is 5.82 Å². The molecule has 0 amide bonds. The number of aromatic nitrogens is 2. The Morgan fingerprint density at radius 2 is 2.45 bits per heavy atom. The van der Waals surface area contributed by atoms with Crippen molar-refractivity contribution in [2.45, 2.75) is 6.92 Å². The van der Waals surface area contributed by atoms with Crippen LogP contribution in [0.5, 0.6) is 0 Å². The van der Waals surface area contributed by atoms with E-state index in [0.717, 1.165) is 0 Å². The van der Waals surface area contributed by atoms with Crippen molar-refractivity contribution < 1.29 is 4.92 Å². The largest absolute Gasteiger partial charge is 0.360 e. The Bertz CT molecular complexity index is 335. The fraction of sp³-hybridized carbons (Fsp3) is 0.200. The number of nitrogens with one attached hydrogen (secondary N) is 1. The summed E-state index contributed by atoms with van der Waals surface area (Å²) >= 11 is 0. The zero-order valence-electron chi connectivity index (χ0n) is 5.66. The Morgan fingerprint density at radius 3 is 2.82 bits per heavy atom. The molecule has 1 N–H and O–H groups in total. The van der Waals surface area contributed by atoms with Gasteiger partial charge in [-0.2, -0.15) is 5.26 Å². The molecule has 1 aromatic rings. The Hall–Kier alpha value is -1.90. The first kappa shape index (κ1) is 7.21. The van der Waals surface area contributed by atoms with Crippen LogP contribution in [0, 0.1) is 28.4 Å². The summed E-state index contributed by atoms with van der Waals surface area (Å²) in [6.45, 7) is 1.53. The van der Waals surface area contributed by atoms with Crippen molar-refractivity contribution in [3.8, 4) is 6.07 Å². The molecule has 0 atom stereocenters. The van der Waals surface area contributed by atoms with Crippen LogP contribution >= 0.6 is 0 Å². The molecule has 0 saturated heterocycles. The lowest BCUT2D eigenvalue weighted by atomic mass is 10.3. The highest BCUT2D eigenvalue weighted by Crippen LogP contribution is 2.15. The lowest BCUT2D eigenvalue weighted by Gasteiger charge is -1.87. The van der Waals surface area contributed by atoms with Crippen LogP contribution in [-0.4, -0.2) is 15.1 Å². The molecule has 6 nitrogen and oxygen atoms in total. The van der Waals surface area contributed by atoms with Crippen LogP contribution in [0.15, 0.2) is 0 Å². The zero-order valence-corrected chi connectivity index (χ0v) is 5.66. The monoisotopic (exact) mass is 152 g/mol. The van der Waals surface area contributed by atoms with Gasteiger partial charge in [0, 0.05) is 0 Å². The van der Waals surface area contributed by atoms with Crippen molar-refractivity contribution in [2.24, 2.45) is 0 Å². The molecule has 1 heterocycles. The molecule has 6 heteroatoms. The molecule has 0 unspecified atom stereocenters. The number of aryl methyl sites for hydroxylation is 1. The van der Waals surface area contributed by atoms with Gasteiger partial charge in [0.15, 0.2) is 5.56 Å². The smallest absolute Gasteiger partial charge is 0.358 e. The zero-order chi connectivity index (χ0) is 8.43. The summed E-state index contributed by atoms with van der Waals surface area (Å²) in [6, 6.07) is 1.69. The number of nitriles is 1. The van der Waals surface area contributed by atoms with Crippen LogP contribution in [-0.2, 0) is 0 Å². The first-order valence-corrected chi connectivity index (χ1v) is 2.76. The summed E-state index contributed by atoms with van der Waals surface area (Å²) in [5, 5.41) is 24.3. The first-order chi connectivity index (χ1) is 5.16. The molecule has 56 valence electrons. The van der Waals surface area contributed by atoms with Gasteiger partial charge in [0.25, 0.3) is 0 Å². The van der Waals surface area contributed by atoms with Gasteiger partial charge >= 0.3 is 5.82 Å². The normalized spacial score (nSPS) is 9.09. The van der Waals surface area contributed by atoms with Gasteiger partial charge in [-0.05, 0) is 11.8 Å². The predicted molar refractivity (Wildman–Crippen MR) is 34.7 cm³/mol. The van der Waals surface area contributed by atoms with Crippen LogP contribution in [0.2, 0.25) is 0 Å². The van der Waals surface area contributed by atoms with Crippen LogP contribution in [0.3, 0.4) is 0 Å². The molecule has 0 bridgehead atoms. The van der Waals surface area contributed by atoms with Crippen molar-refractivity contribution in [1.29, 1.82) is 5.26 Å². The Morgan fingerprint density at radius 1 is 1.82 bits per heavy atom. The molecule has 0 aliphatic heterocycles. The summed E-state index contributed by atoms with van der Waals surface area (Å²) in [7, 11) is 0. The summed E-state index contributed by atoms with van der Waals surface area (Å²) < 4.78 is 0. The number of rotatable bonds is 1. The maximum atomic E-state index is 10.2. The average molecular weight is 152 g/mol. The van der Waals surface area contributed by atoms with Gasteiger partial charge in [-0.3, -0.25) is 0 Å². The third-order valence-corrected chi connectivity index (χ3v) is 1.22. The van der Waals surface area contributed by atoms with E-state index in [1.807, 2.05) is 0 Å². The SMILES string of the molecule is Cc1n[nH]c([N+](=O)[O-])c1C#N. The number of nitrogens with zero attached hydrogens (tertiary/aromatic N) is 3. The van der Waals surface area contributed by atoms with Gasteiger partial charge in [0.05, 0.1) is 0 Å². The van der Waals surface area contributed by atoms with E-state index < -0.39 is 4.92 Å². The molecule has 0 aliphatic rings. The van der Waals surface area contributed by atoms with E-state index in [0.29, 0.717) is 5.69 Å². The molecule has 0 aliphatic carbocycles. The summed E-state index contributed by atoms with van der Waals surface area (Å²) in [5.41, 5.74) is 0.342. The second-order valence-corrected chi connectivity index (χ2v) is 1.90. The summed E-state index contributed by atoms with van der Waals surface area (Å²) in [5.74, 6) is -0.343. The maximum Gasteiger partial charge on any atom is 0.360 e. The number of hydrogen-bond donors (Lipinski definition) is 1. The van der Waals surface area contributed by atoms with E-state index in [9.17, 15) is 10.1 Å². The summed E-state index contributed by atoms with van der Waals surface area (Å²) in [6.07, 6.45) is 0. The fourth-order valence-electron chi connectivity index (χ4n) is 0.686. The topological polar surface area (TPSA) is 95.6 Å². The minimum absolute atomic E-state index is 0.00463. The van der Waals surface area contributed by atoms with Gasteiger partial charge < -0.3 is 10.1 Å². The highest BCUT2D eigenvalue weighted by molar-refractivity contribution is 5.45. The highest BCUT2D eigenvalue weighted by Gasteiger charge is 2.17. The molecular formula is C5H4N4O2. The van der Waals surface area contributed by atoms with Crippen molar-refractivity contribution in [2.75, 3.05) is 0 Å². The van der Waals surface area contributed by atoms with Gasteiger partial charge in [-0.15, -0.1) is 5.10 Å². The number of H-pyrrole nitrogens is 1. The van der Waals surface area contributed by atoms with E-state index in [-0.39, 0.29) is 11.4 Å². The molecule has 1 rings (SSSR count). The molecule has 0 spiro atoms. The van der Waals surface area contributed by atoms with Crippen molar-refractivity contribution in [3.05, 3.63) is 21.4 Å².